The molecule has 1 heteroatoms. The van der Waals surface area contributed by atoms with Crippen LogP contribution in [0.2, 0.25) is 0 Å². The normalized spacial score (nSPS) is 39.5. The first kappa shape index (κ1) is 14.4. The quantitative estimate of drug-likeness (QED) is 0.763. The van der Waals surface area contributed by atoms with E-state index in [1.165, 1.54) is 64.2 Å². The van der Waals surface area contributed by atoms with Crippen molar-refractivity contribution in [1.82, 2.24) is 0 Å². The molecular weight excluding hydrogens is 220 g/mol. The molecule has 18 heavy (non-hydrogen) atoms. The maximum Gasteiger partial charge on any atom is 0.0599 e. The molecule has 3 unspecified atom stereocenters. The molecule has 0 aliphatic heterocycles. The first-order valence-electron chi connectivity index (χ1n) is 8.44. The summed E-state index contributed by atoms with van der Waals surface area (Å²) in [5.74, 6) is 2.98. The molecule has 0 aromatic rings. The zero-order valence-corrected chi connectivity index (χ0v) is 12.4. The van der Waals surface area contributed by atoms with Gasteiger partial charge in [-0.05, 0) is 42.9 Å². The van der Waals surface area contributed by atoms with Gasteiger partial charge in [0.15, 0.2) is 0 Å². The standard InChI is InChI=1S/C17H32O/c1-3-13-9-11-15(12-10-13)17(18)16-8-6-5-7-14(16)4-2/h13-18H,3-12H2,1-2H3. The van der Waals surface area contributed by atoms with Gasteiger partial charge in [0.2, 0.25) is 0 Å². The largest absolute Gasteiger partial charge is 0.393 e. The van der Waals surface area contributed by atoms with Crippen LogP contribution in [-0.4, -0.2) is 11.2 Å². The molecular formula is C17H32O. The molecule has 2 aliphatic carbocycles. The molecule has 106 valence electrons. The molecule has 0 heterocycles. The summed E-state index contributed by atoms with van der Waals surface area (Å²) < 4.78 is 0. The van der Waals surface area contributed by atoms with Crippen LogP contribution >= 0.6 is 0 Å². The van der Waals surface area contributed by atoms with Crippen LogP contribution < -0.4 is 0 Å². The van der Waals surface area contributed by atoms with E-state index in [9.17, 15) is 5.11 Å². The van der Waals surface area contributed by atoms with Gasteiger partial charge in [0.1, 0.15) is 0 Å². The summed E-state index contributed by atoms with van der Waals surface area (Å²) in [5, 5.41) is 10.8. The van der Waals surface area contributed by atoms with Crippen LogP contribution in [0.4, 0.5) is 0 Å². The summed E-state index contributed by atoms with van der Waals surface area (Å²) >= 11 is 0. The average molecular weight is 252 g/mol. The Hall–Kier alpha value is -0.0400. The number of hydrogen-bond donors (Lipinski definition) is 1. The van der Waals surface area contributed by atoms with Gasteiger partial charge in [-0.3, -0.25) is 0 Å². The van der Waals surface area contributed by atoms with Crippen LogP contribution in [0.5, 0.6) is 0 Å². The molecule has 0 spiro atoms. The minimum Gasteiger partial charge on any atom is -0.393 e. The molecule has 3 atom stereocenters. The zero-order chi connectivity index (χ0) is 13.0. The summed E-state index contributed by atoms with van der Waals surface area (Å²) in [5.41, 5.74) is 0. The van der Waals surface area contributed by atoms with Gasteiger partial charge in [0.25, 0.3) is 0 Å². The third-order valence-corrected chi connectivity index (χ3v) is 5.88. The van der Waals surface area contributed by atoms with Crippen molar-refractivity contribution in [3.05, 3.63) is 0 Å². The lowest BCUT2D eigenvalue weighted by Crippen LogP contribution is -2.37. The predicted octanol–water partition coefficient (Wildman–Crippen LogP) is 4.78. The van der Waals surface area contributed by atoms with Crippen LogP contribution in [0.3, 0.4) is 0 Å². The highest BCUT2D eigenvalue weighted by Crippen LogP contribution is 2.41. The van der Waals surface area contributed by atoms with Crippen LogP contribution in [0.1, 0.15) is 78.1 Å². The highest BCUT2D eigenvalue weighted by Gasteiger charge is 2.35. The second-order valence-electron chi connectivity index (χ2n) is 6.80. The van der Waals surface area contributed by atoms with Crippen LogP contribution in [-0.2, 0) is 0 Å². The van der Waals surface area contributed by atoms with E-state index in [1.807, 2.05) is 0 Å². The van der Waals surface area contributed by atoms with Gasteiger partial charge in [-0.1, -0.05) is 58.8 Å². The molecule has 0 aromatic heterocycles. The zero-order valence-electron chi connectivity index (χ0n) is 12.4. The Morgan fingerprint density at radius 1 is 0.889 bits per heavy atom. The summed E-state index contributed by atoms with van der Waals surface area (Å²) in [7, 11) is 0. The first-order chi connectivity index (χ1) is 8.76. The molecule has 2 fully saturated rings. The van der Waals surface area contributed by atoms with E-state index < -0.39 is 0 Å². The molecule has 1 nitrogen and oxygen atoms in total. The fraction of sp³-hybridized carbons (Fsp3) is 1.00. The fourth-order valence-corrected chi connectivity index (χ4v) is 4.48. The minimum absolute atomic E-state index is 0.00746. The average Bonchev–Trinajstić information content (AvgIpc) is 2.46. The van der Waals surface area contributed by atoms with E-state index in [0.29, 0.717) is 11.8 Å². The topological polar surface area (TPSA) is 20.2 Å². The molecule has 0 radical (unpaired) electrons. The first-order valence-corrected chi connectivity index (χ1v) is 8.44. The van der Waals surface area contributed by atoms with Crippen molar-refractivity contribution in [2.75, 3.05) is 0 Å². The van der Waals surface area contributed by atoms with E-state index >= 15 is 0 Å². The van der Waals surface area contributed by atoms with E-state index in [-0.39, 0.29) is 6.10 Å². The number of rotatable bonds is 4. The van der Waals surface area contributed by atoms with Gasteiger partial charge in [-0.15, -0.1) is 0 Å². The van der Waals surface area contributed by atoms with Crippen LogP contribution in [0.15, 0.2) is 0 Å². The fourth-order valence-electron chi connectivity index (χ4n) is 4.48. The Morgan fingerprint density at radius 3 is 2.17 bits per heavy atom. The highest BCUT2D eigenvalue weighted by atomic mass is 16.3. The lowest BCUT2D eigenvalue weighted by Gasteiger charge is -2.40. The molecule has 2 saturated carbocycles. The van der Waals surface area contributed by atoms with E-state index in [0.717, 1.165) is 11.8 Å². The summed E-state index contributed by atoms with van der Waals surface area (Å²) in [6.45, 7) is 4.62. The van der Waals surface area contributed by atoms with Crippen molar-refractivity contribution in [2.45, 2.75) is 84.2 Å². The number of aliphatic hydroxyl groups excluding tert-OH is 1. The molecule has 2 rings (SSSR count). The van der Waals surface area contributed by atoms with Gasteiger partial charge in [-0.25, -0.2) is 0 Å². The molecule has 1 N–H and O–H groups in total. The Labute approximate surface area is 113 Å². The SMILES string of the molecule is CCC1CCC(C(O)C2CCCCC2CC)CC1. The molecule has 0 bridgehead atoms. The smallest absolute Gasteiger partial charge is 0.0599 e. The minimum atomic E-state index is 0.00746. The van der Waals surface area contributed by atoms with Crippen molar-refractivity contribution in [1.29, 1.82) is 0 Å². The summed E-state index contributed by atoms with van der Waals surface area (Å²) in [6, 6.07) is 0. The van der Waals surface area contributed by atoms with E-state index in [4.69, 9.17) is 0 Å². The summed E-state index contributed by atoms with van der Waals surface area (Å²) in [4.78, 5) is 0. The van der Waals surface area contributed by atoms with E-state index in [1.54, 1.807) is 0 Å². The second kappa shape index (κ2) is 6.93. The van der Waals surface area contributed by atoms with Gasteiger partial charge in [-0.2, -0.15) is 0 Å². The number of aliphatic hydroxyl groups is 1. The monoisotopic (exact) mass is 252 g/mol. The van der Waals surface area contributed by atoms with Gasteiger partial charge in [0.05, 0.1) is 6.10 Å². The Balaban J connectivity index is 1.87. The van der Waals surface area contributed by atoms with Gasteiger partial charge < -0.3 is 5.11 Å². The van der Waals surface area contributed by atoms with Gasteiger partial charge in [0, 0.05) is 0 Å². The van der Waals surface area contributed by atoms with E-state index in [2.05, 4.69) is 13.8 Å². The lowest BCUT2D eigenvalue weighted by molar-refractivity contribution is -0.0132. The highest BCUT2D eigenvalue weighted by molar-refractivity contribution is 4.86. The Kier molecular flexibility index (Phi) is 5.54. The Morgan fingerprint density at radius 2 is 1.56 bits per heavy atom. The van der Waals surface area contributed by atoms with Crippen LogP contribution in [0, 0.1) is 23.7 Å². The molecule has 0 saturated heterocycles. The molecule has 0 amide bonds. The van der Waals surface area contributed by atoms with Crippen LogP contribution in [0.25, 0.3) is 0 Å². The van der Waals surface area contributed by atoms with Crippen molar-refractivity contribution in [3.63, 3.8) is 0 Å². The van der Waals surface area contributed by atoms with Gasteiger partial charge >= 0.3 is 0 Å². The third kappa shape index (κ3) is 3.29. The Bertz CT molecular complexity index is 230. The molecule has 2 aliphatic rings. The lowest BCUT2D eigenvalue weighted by atomic mass is 9.68. The molecule has 0 aromatic carbocycles. The van der Waals surface area contributed by atoms with Crippen molar-refractivity contribution in [2.24, 2.45) is 23.7 Å². The van der Waals surface area contributed by atoms with Crippen molar-refractivity contribution >= 4 is 0 Å². The maximum absolute atomic E-state index is 10.8. The predicted molar refractivity (Wildman–Crippen MR) is 77.5 cm³/mol. The summed E-state index contributed by atoms with van der Waals surface area (Å²) in [6.07, 6.45) is 13.3. The van der Waals surface area contributed by atoms with Crippen molar-refractivity contribution < 1.29 is 5.11 Å². The second-order valence-corrected chi connectivity index (χ2v) is 6.80. The number of hydrogen-bond acceptors (Lipinski definition) is 1. The van der Waals surface area contributed by atoms with Crippen molar-refractivity contribution in [3.8, 4) is 0 Å². The third-order valence-electron chi connectivity index (χ3n) is 5.88. The maximum atomic E-state index is 10.8.